The summed E-state index contributed by atoms with van der Waals surface area (Å²) in [6.45, 7) is 5.35. The maximum absolute atomic E-state index is 13.5. The molecule has 1 aromatic carbocycles. The van der Waals surface area contributed by atoms with Crippen LogP contribution in [0.2, 0.25) is 0 Å². The second kappa shape index (κ2) is 8.28. The van der Waals surface area contributed by atoms with Gasteiger partial charge in [0, 0.05) is 36.8 Å². The first-order valence-corrected chi connectivity index (χ1v) is 9.38. The third-order valence-corrected chi connectivity index (χ3v) is 5.52. The number of morpholine rings is 1. The van der Waals surface area contributed by atoms with Gasteiger partial charge in [0.25, 0.3) is 0 Å². The molecule has 7 heteroatoms. The summed E-state index contributed by atoms with van der Waals surface area (Å²) in [5, 5.41) is 7.24. The minimum absolute atomic E-state index is 0.0883. The van der Waals surface area contributed by atoms with Crippen LogP contribution in [0, 0.1) is 5.82 Å². The molecule has 1 atom stereocenters. The number of nitrogens with zero attached hydrogens (tertiary/aromatic N) is 1. The van der Waals surface area contributed by atoms with Crippen LogP contribution in [-0.4, -0.2) is 55.2 Å². The first-order valence-electron chi connectivity index (χ1n) is 7.99. The Hall–Kier alpha value is -0.890. The average Bonchev–Trinajstić information content (AvgIpc) is 2.56. The molecule has 126 valence electrons. The molecule has 3 rings (SSSR count). The van der Waals surface area contributed by atoms with Gasteiger partial charge >= 0.3 is 0 Å². The van der Waals surface area contributed by atoms with E-state index in [2.05, 4.69) is 15.5 Å². The van der Waals surface area contributed by atoms with Crippen LogP contribution in [-0.2, 0) is 4.74 Å². The number of nitrogens with one attached hydrogen (secondary N) is 2. The third-order valence-electron chi connectivity index (χ3n) is 4.13. The summed E-state index contributed by atoms with van der Waals surface area (Å²) in [6, 6.07) is 5.09. The van der Waals surface area contributed by atoms with Crippen LogP contribution in [0.1, 0.15) is 18.0 Å². The molecule has 2 aliphatic heterocycles. The highest BCUT2D eigenvalue weighted by Crippen LogP contribution is 2.36. The highest BCUT2D eigenvalue weighted by Gasteiger charge is 2.22. The zero-order valence-electron chi connectivity index (χ0n) is 13.0. The van der Waals surface area contributed by atoms with Gasteiger partial charge in [0.2, 0.25) is 0 Å². The molecule has 0 aliphatic carbocycles. The van der Waals surface area contributed by atoms with Gasteiger partial charge in [-0.2, -0.15) is 0 Å². The molecule has 1 aromatic rings. The molecule has 0 amide bonds. The van der Waals surface area contributed by atoms with E-state index in [1.54, 1.807) is 17.8 Å². The van der Waals surface area contributed by atoms with E-state index < -0.39 is 0 Å². The van der Waals surface area contributed by atoms with E-state index in [1.807, 2.05) is 6.07 Å². The summed E-state index contributed by atoms with van der Waals surface area (Å²) in [5.74, 6) is 0.830. The van der Waals surface area contributed by atoms with Crippen molar-refractivity contribution in [3.63, 3.8) is 0 Å². The Morgan fingerprint density at radius 2 is 2.22 bits per heavy atom. The van der Waals surface area contributed by atoms with Gasteiger partial charge < -0.3 is 15.4 Å². The van der Waals surface area contributed by atoms with Crippen molar-refractivity contribution in [3.05, 3.63) is 29.6 Å². The van der Waals surface area contributed by atoms with Crippen molar-refractivity contribution < 1.29 is 9.13 Å². The Morgan fingerprint density at radius 3 is 3.04 bits per heavy atom. The molecular formula is C16H22FN3OS2. The first-order chi connectivity index (χ1) is 11.2. The molecule has 2 aliphatic rings. The van der Waals surface area contributed by atoms with Gasteiger partial charge in [-0.05, 0) is 42.4 Å². The fourth-order valence-electron chi connectivity index (χ4n) is 2.88. The lowest BCUT2D eigenvalue weighted by Crippen LogP contribution is -2.44. The van der Waals surface area contributed by atoms with Crippen molar-refractivity contribution in [2.45, 2.75) is 17.4 Å². The number of rotatable bonds is 4. The number of benzene rings is 1. The normalized spacial score (nSPS) is 21.5. The van der Waals surface area contributed by atoms with Gasteiger partial charge in [0.05, 0.1) is 19.3 Å². The van der Waals surface area contributed by atoms with Gasteiger partial charge in [0.1, 0.15) is 5.82 Å². The molecule has 2 heterocycles. The van der Waals surface area contributed by atoms with Crippen LogP contribution >= 0.6 is 24.0 Å². The molecule has 0 spiro atoms. The number of hydrogen-bond acceptors (Lipinski definition) is 4. The van der Waals surface area contributed by atoms with Gasteiger partial charge in [-0.1, -0.05) is 0 Å². The summed E-state index contributed by atoms with van der Waals surface area (Å²) in [4.78, 5) is 3.51. The van der Waals surface area contributed by atoms with E-state index in [0.717, 1.165) is 62.0 Å². The van der Waals surface area contributed by atoms with Crippen molar-refractivity contribution in [3.8, 4) is 0 Å². The number of thioether (sulfide) groups is 1. The van der Waals surface area contributed by atoms with Crippen LogP contribution in [0.4, 0.5) is 4.39 Å². The Kier molecular flexibility index (Phi) is 6.10. The highest BCUT2D eigenvalue weighted by atomic mass is 32.2. The zero-order valence-corrected chi connectivity index (χ0v) is 14.6. The molecule has 1 fully saturated rings. The lowest BCUT2D eigenvalue weighted by Gasteiger charge is -2.28. The van der Waals surface area contributed by atoms with E-state index in [4.69, 9.17) is 17.0 Å². The molecule has 0 unspecified atom stereocenters. The highest BCUT2D eigenvalue weighted by molar-refractivity contribution is 7.99. The van der Waals surface area contributed by atoms with Gasteiger partial charge in [0.15, 0.2) is 5.11 Å². The number of hydrogen-bond donors (Lipinski definition) is 2. The Morgan fingerprint density at radius 1 is 1.39 bits per heavy atom. The minimum atomic E-state index is -0.191. The fraction of sp³-hybridized carbons (Fsp3) is 0.562. The maximum atomic E-state index is 13.5. The summed E-state index contributed by atoms with van der Waals surface area (Å²) in [7, 11) is 0. The van der Waals surface area contributed by atoms with Crippen LogP contribution in [0.25, 0.3) is 0 Å². The van der Waals surface area contributed by atoms with Crippen molar-refractivity contribution in [1.29, 1.82) is 0 Å². The topological polar surface area (TPSA) is 36.5 Å². The smallest absolute Gasteiger partial charge is 0.166 e. The fourth-order valence-corrected chi connectivity index (χ4v) is 4.23. The standard InChI is InChI=1S/C16H22FN3OS2/c17-12-1-2-15-13(11-12)14(3-10-23-15)19-16(22)18-4-5-20-6-8-21-9-7-20/h1-2,11,14H,3-10H2,(H2,18,19,22)/t14-/m1/s1. The summed E-state index contributed by atoms with van der Waals surface area (Å²) in [6.07, 6.45) is 0.951. The number of ether oxygens (including phenoxy) is 1. The molecule has 0 saturated carbocycles. The third kappa shape index (κ3) is 4.79. The van der Waals surface area contributed by atoms with Gasteiger partial charge in [-0.25, -0.2) is 4.39 Å². The second-order valence-electron chi connectivity index (χ2n) is 5.73. The number of halogens is 1. The van der Waals surface area contributed by atoms with Crippen LogP contribution < -0.4 is 10.6 Å². The Balaban J connectivity index is 1.48. The number of fused-ring (bicyclic) bond motifs is 1. The van der Waals surface area contributed by atoms with E-state index in [-0.39, 0.29) is 11.9 Å². The van der Waals surface area contributed by atoms with Crippen LogP contribution in [0.3, 0.4) is 0 Å². The van der Waals surface area contributed by atoms with Crippen molar-refractivity contribution >= 4 is 29.1 Å². The quantitative estimate of drug-likeness (QED) is 0.806. The van der Waals surface area contributed by atoms with Crippen molar-refractivity contribution in [2.24, 2.45) is 0 Å². The SMILES string of the molecule is Fc1ccc2c(c1)[C@H](NC(=S)NCCN1CCOCC1)CCS2. The molecule has 0 radical (unpaired) electrons. The molecule has 4 nitrogen and oxygen atoms in total. The van der Waals surface area contributed by atoms with E-state index in [9.17, 15) is 4.39 Å². The monoisotopic (exact) mass is 355 g/mol. The van der Waals surface area contributed by atoms with E-state index >= 15 is 0 Å². The summed E-state index contributed by atoms with van der Waals surface area (Å²) in [5.41, 5.74) is 1.01. The summed E-state index contributed by atoms with van der Waals surface area (Å²) >= 11 is 7.17. The van der Waals surface area contributed by atoms with Crippen molar-refractivity contribution in [2.75, 3.05) is 45.1 Å². The predicted octanol–water partition coefficient (Wildman–Crippen LogP) is 2.16. The second-order valence-corrected chi connectivity index (χ2v) is 7.27. The van der Waals surface area contributed by atoms with E-state index in [1.165, 1.54) is 6.07 Å². The lowest BCUT2D eigenvalue weighted by molar-refractivity contribution is 0.0389. The minimum Gasteiger partial charge on any atom is -0.379 e. The summed E-state index contributed by atoms with van der Waals surface area (Å²) < 4.78 is 18.9. The maximum Gasteiger partial charge on any atom is 0.166 e. The van der Waals surface area contributed by atoms with Gasteiger partial charge in [-0.3, -0.25) is 4.90 Å². The molecule has 23 heavy (non-hydrogen) atoms. The van der Waals surface area contributed by atoms with Crippen LogP contribution in [0.15, 0.2) is 23.1 Å². The van der Waals surface area contributed by atoms with Crippen LogP contribution in [0.5, 0.6) is 0 Å². The van der Waals surface area contributed by atoms with Crippen molar-refractivity contribution in [1.82, 2.24) is 15.5 Å². The molecule has 0 aromatic heterocycles. The Bertz CT molecular complexity index is 552. The molecule has 2 N–H and O–H groups in total. The van der Waals surface area contributed by atoms with E-state index in [0.29, 0.717) is 5.11 Å². The average molecular weight is 356 g/mol. The molecular weight excluding hydrogens is 333 g/mol. The first kappa shape index (κ1) is 17.0. The van der Waals surface area contributed by atoms with Gasteiger partial charge in [-0.15, -0.1) is 11.8 Å². The largest absolute Gasteiger partial charge is 0.379 e. The molecule has 0 bridgehead atoms. The zero-order chi connectivity index (χ0) is 16.1. The molecule has 1 saturated heterocycles. The number of thiocarbonyl (C=S) groups is 1. The lowest BCUT2D eigenvalue weighted by atomic mass is 10.0. The Labute approximate surface area is 146 Å². The predicted molar refractivity (Wildman–Crippen MR) is 95.5 cm³/mol.